The van der Waals surface area contributed by atoms with Crippen molar-refractivity contribution in [2.45, 2.75) is 27.2 Å². The van der Waals surface area contributed by atoms with Gasteiger partial charge in [0.1, 0.15) is 0 Å². The molecule has 1 nitrogen and oxygen atoms in total. The average Bonchev–Trinajstić information content (AvgIpc) is 2.49. The molecule has 0 saturated carbocycles. The van der Waals surface area contributed by atoms with Crippen molar-refractivity contribution in [3.8, 4) is 0 Å². The van der Waals surface area contributed by atoms with Gasteiger partial charge in [0.2, 0.25) is 0 Å². The van der Waals surface area contributed by atoms with E-state index in [0.29, 0.717) is 0 Å². The first kappa shape index (κ1) is 15.1. The minimum atomic E-state index is 0.892. The number of hydrogen-bond acceptors (Lipinski definition) is 1. The number of para-hydroxylation sites is 1. The van der Waals surface area contributed by atoms with Gasteiger partial charge in [0.05, 0.1) is 0 Å². The highest BCUT2D eigenvalue weighted by Gasteiger charge is 1.98. The van der Waals surface area contributed by atoms with E-state index in [1.54, 1.807) is 0 Å². The summed E-state index contributed by atoms with van der Waals surface area (Å²) in [6, 6.07) is 14.8. The number of hydrogen-bond donors (Lipinski definition) is 1. The van der Waals surface area contributed by atoms with Crippen LogP contribution in [0.4, 0.5) is 5.69 Å². The number of aryl methyl sites for hydroxylation is 3. The van der Waals surface area contributed by atoms with Gasteiger partial charge >= 0.3 is 0 Å². The monoisotopic (exact) mass is 277 g/mol. The van der Waals surface area contributed by atoms with Crippen molar-refractivity contribution < 1.29 is 0 Å². The lowest BCUT2D eigenvalue weighted by Crippen LogP contribution is -1.96. The van der Waals surface area contributed by atoms with Gasteiger partial charge in [0, 0.05) is 11.4 Å². The summed E-state index contributed by atoms with van der Waals surface area (Å²) in [6.07, 6.45) is 5.19. The highest BCUT2D eigenvalue weighted by atomic mass is 14.9. The van der Waals surface area contributed by atoms with Gasteiger partial charge in [-0.05, 0) is 54.7 Å². The third-order valence-corrected chi connectivity index (χ3v) is 3.67. The Balaban J connectivity index is 2.07. The highest BCUT2D eigenvalue weighted by molar-refractivity contribution is 5.60. The second-order valence-corrected chi connectivity index (χ2v) is 5.34. The second kappa shape index (κ2) is 6.94. The second-order valence-electron chi connectivity index (χ2n) is 5.34. The van der Waals surface area contributed by atoms with Gasteiger partial charge in [-0.1, -0.05) is 56.0 Å². The molecule has 0 fully saturated rings. The zero-order valence-corrected chi connectivity index (χ0v) is 13.1. The van der Waals surface area contributed by atoms with E-state index in [0.717, 1.165) is 17.8 Å². The molecular formula is C20H23N. The van der Waals surface area contributed by atoms with E-state index >= 15 is 0 Å². The summed E-state index contributed by atoms with van der Waals surface area (Å²) in [6.45, 7) is 10.5. The smallest absolute Gasteiger partial charge is 0.0413 e. The van der Waals surface area contributed by atoms with E-state index in [1.807, 2.05) is 18.2 Å². The van der Waals surface area contributed by atoms with Gasteiger partial charge in [-0.25, -0.2) is 0 Å². The Labute approximate surface area is 128 Å². The molecule has 0 saturated heterocycles. The van der Waals surface area contributed by atoms with Crippen molar-refractivity contribution in [2.24, 2.45) is 0 Å². The van der Waals surface area contributed by atoms with E-state index in [2.05, 4.69) is 69.1 Å². The Hall–Kier alpha value is -2.28. The molecule has 0 aliphatic heterocycles. The lowest BCUT2D eigenvalue weighted by atomic mass is 10.0. The molecule has 0 radical (unpaired) electrons. The van der Waals surface area contributed by atoms with Crippen LogP contribution in [0.2, 0.25) is 0 Å². The molecule has 0 aliphatic carbocycles. The number of rotatable bonds is 5. The van der Waals surface area contributed by atoms with Crippen LogP contribution in [0.3, 0.4) is 0 Å². The number of benzene rings is 2. The summed E-state index contributed by atoms with van der Waals surface area (Å²) < 4.78 is 0. The Morgan fingerprint density at radius 2 is 1.86 bits per heavy atom. The van der Waals surface area contributed by atoms with Gasteiger partial charge in [0.25, 0.3) is 0 Å². The van der Waals surface area contributed by atoms with Crippen LogP contribution in [-0.4, -0.2) is 0 Å². The molecule has 0 atom stereocenters. The molecule has 0 aliphatic rings. The maximum absolute atomic E-state index is 4.07. The zero-order chi connectivity index (χ0) is 15.2. The van der Waals surface area contributed by atoms with Crippen molar-refractivity contribution >= 4 is 11.8 Å². The normalized spacial score (nSPS) is 10.8. The summed E-state index contributed by atoms with van der Waals surface area (Å²) in [7, 11) is 0. The van der Waals surface area contributed by atoms with Gasteiger partial charge in [-0.3, -0.25) is 0 Å². The molecule has 1 N–H and O–H groups in total. The SMILES string of the molecule is C=C(/C=C/c1ccc(C)c(CC)c1)Nc1ccccc1C. The molecule has 0 spiro atoms. The van der Waals surface area contributed by atoms with E-state index in [9.17, 15) is 0 Å². The molecule has 108 valence electrons. The van der Waals surface area contributed by atoms with Crippen LogP contribution in [0.5, 0.6) is 0 Å². The average molecular weight is 277 g/mol. The fourth-order valence-corrected chi connectivity index (χ4v) is 2.30. The van der Waals surface area contributed by atoms with Crippen LogP contribution in [0.1, 0.15) is 29.2 Å². The van der Waals surface area contributed by atoms with Crippen LogP contribution in [0.15, 0.2) is 60.8 Å². The summed E-state index contributed by atoms with van der Waals surface area (Å²) >= 11 is 0. The number of nitrogens with one attached hydrogen (secondary N) is 1. The quantitative estimate of drug-likeness (QED) is 0.711. The van der Waals surface area contributed by atoms with Crippen molar-refractivity contribution in [1.29, 1.82) is 0 Å². The Kier molecular flexibility index (Phi) is 4.99. The topological polar surface area (TPSA) is 12.0 Å². The maximum Gasteiger partial charge on any atom is 0.0413 e. The molecule has 0 bridgehead atoms. The van der Waals surface area contributed by atoms with Gasteiger partial charge in [-0.15, -0.1) is 0 Å². The first-order chi connectivity index (χ1) is 10.1. The molecule has 0 amide bonds. The Bertz CT molecular complexity index is 665. The van der Waals surface area contributed by atoms with Crippen LogP contribution in [-0.2, 0) is 6.42 Å². The first-order valence-electron chi connectivity index (χ1n) is 7.39. The van der Waals surface area contributed by atoms with Gasteiger partial charge < -0.3 is 5.32 Å². The molecule has 2 aromatic carbocycles. The molecule has 0 aromatic heterocycles. The van der Waals surface area contributed by atoms with Crippen LogP contribution in [0, 0.1) is 13.8 Å². The third kappa shape index (κ3) is 4.09. The van der Waals surface area contributed by atoms with Crippen LogP contribution >= 0.6 is 0 Å². The molecule has 21 heavy (non-hydrogen) atoms. The van der Waals surface area contributed by atoms with E-state index in [4.69, 9.17) is 0 Å². The van der Waals surface area contributed by atoms with Crippen molar-refractivity contribution in [3.63, 3.8) is 0 Å². The summed E-state index contributed by atoms with van der Waals surface area (Å²) in [5, 5.41) is 3.34. The van der Waals surface area contributed by atoms with Gasteiger partial charge in [-0.2, -0.15) is 0 Å². The summed E-state index contributed by atoms with van der Waals surface area (Å²) in [4.78, 5) is 0. The van der Waals surface area contributed by atoms with E-state index in [-0.39, 0.29) is 0 Å². The third-order valence-electron chi connectivity index (χ3n) is 3.67. The molecule has 0 heterocycles. The minimum Gasteiger partial charge on any atom is -0.356 e. The predicted octanol–water partition coefficient (Wildman–Crippen LogP) is 5.50. The zero-order valence-electron chi connectivity index (χ0n) is 13.1. The molecule has 0 unspecified atom stereocenters. The maximum atomic E-state index is 4.07. The first-order valence-corrected chi connectivity index (χ1v) is 7.39. The summed E-state index contributed by atoms with van der Waals surface area (Å²) in [5.74, 6) is 0. The predicted molar refractivity (Wildman–Crippen MR) is 93.5 cm³/mol. The molecule has 2 rings (SSSR count). The Morgan fingerprint density at radius 3 is 2.57 bits per heavy atom. The Morgan fingerprint density at radius 1 is 1.10 bits per heavy atom. The molecular weight excluding hydrogens is 254 g/mol. The summed E-state index contributed by atoms with van der Waals surface area (Å²) in [5.41, 5.74) is 7.18. The minimum absolute atomic E-state index is 0.892. The number of anilines is 1. The standard InChI is InChI=1S/C20H23N/c1-5-19-14-18(12-10-15(19)2)13-11-17(4)21-20-9-7-6-8-16(20)3/h6-14,21H,4-5H2,1-3H3/b13-11+. The van der Waals surface area contributed by atoms with Gasteiger partial charge in [0.15, 0.2) is 0 Å². The van der Waals surface area contributed by atoms with E-state index < -0.39 is 0 Å². The fraction of sp³-hybridized carbons (Fsp3) is 0.200. The lowest BCUT2D eigenvalue weighted by molar-refractivity contribution is 1.11. The molecule has 1 heteroatoms. The highest BCUT2D eigenvalue weighted by Crippen LogP contribution is 2.17. The van der Waals surface area contributed by atoms with Crippen molar-refractivity contribution in [3.05, 3.63) is 83.1 Å². The van der Waals surface area contributed by atoms with Crippen LogP contribution in [0.25, 0.3) is 6.08 Å². The van der Waals surface area contributed by atoms with Crippen molar-refractivity contribution in [2.75, 3.05) is 5.32 Å². The lowest BCUT2D eigenvalue weighted by Gasteiger charge is -2.09. The van der Waals surface area contributed by atoms with E-state index in [1.165, 1.54) is 22.3 Å². The molecule has 2 aromatic rings. The number of allylic oxidation sites excluding steroid dienone is 1. The van der Waals surface area contributed by atoms with Crippen LogP contribution < -0.4 is 5.32 Å². The fourth-order valence-electron chi connectivity index (χ4n) is 2.30. The van der Waals surface area contributed by atoms with Crippen molar-refractivity contribution in [1.82, 2.24) is 0 Å². The largest absolute Gasteiger partial charge is 0.356 e.